The van der Waals surface area contributed by atoms with E-state index >= 15 is 0 Å². The minimum atomic E-state index is -0.0235. The fourth-order valence-corrected chi connectivity index (χ4v) is 3.99. The Morgan fingerprint density at radius 3 is 2.52 bits per heavy atom. The molecule has 0 bridgehead atoms. The molecule has 0 amide bonds. The van der Waals surface area contributed by atoms with Gasteiger partial charge in [-0.15, -0.1) is 0 Å². The maximum atomic E-state index is 9.93. The van der Waals surface area contributed by atoms with Crippen LogP contribution in [-0.2, 0) is 6.54 Å². The fourth-order valence-electron chi connectivity index (χ4n) is 3.99. The Balaban J connectivity index is 1.94. The zero-order valence-electron chi connectivity index (χ0n) is 12.0. The summed E-state index contributed by atoms with van der Waals surface area (Å²) < 4.78 is 0. The van der Waals surface area contributed by atoms with Crippen molar-refractivity contribution >= 4 is 0 Å². The summed E-state index contributed by atoms with van der Waals surface area (Å²) in [5.74, 6) is 0.596. The van der Waals surface area contributed by atoms with Crippen molar-refractivity contribution in [1.82, 2.24) is 5.32 Å². The molecule has 0 aromatic heterocycles. The lowest BCUT2D eigenvalue weighted by Gasteiger charge is -2.42. The molecule has 4 rings (SSSR count). The van der Waals surface area contributed by atoms with Crippen LogP contribution in [0.15, 0.2) is 36.4 Å². The molecule has 3 atom stereocenters. The van der Waals surface area contributed by atoms with Crippen LogP contribution in [0, 0.1) is 0 Å². The van der Waals surface area contributed by atoms with Gasteiger partial charge in [-0.3, -0.25) is 0 Å². The molecule has 0 radical (unpaired) electrons. The van der Waals surface area contributed by atoms with Crippen molar-refractivity contribution < 1.29 is 10.2 Å². The lowest BCUT2D eigenvalue weighted by Crippen LogP contribution is -2.43. The molecule has 1 aliphatic heterocycles. The van der Waals surface area contributed by atoms with Crippen LogP contribution in [0.3, 0.4) is 0 Å². The topological polar surface area (TPSA) is 52.5 Å². The Labute approximate surface area is 124 Å². The van der Waals surface area contributed by atoms with Crippen molar-refractivity contribution in [2.45, 2.75) is 37.8 Å². The maximum absolute atomic E-state index is 9.93. The molecule has 2 aromatic rings. The molecule has 2 aliphatic rings. The van der Waals surface area contributed by atoms with Crippen LogP contribution in [0.4, 0.5) is 0 Å². The molecule has 3 nitrogen and oxygen atoms in total. The minimum Gasteiger partial charge on any atom is -0.504 e. The number of nitrogens with one attached hydrogen (secondary N) is 1. The first-order chi connectivity index (χ1) is 10.1. The van der Waals surface area contributed by atoms with Crippen molar-refractivity contribution in [1.29, 1.82) is 0 Å². The first-order valence-electron chi connectivity index (χ1n) is 7.52. The van der Waals surface area contributed by atoms with E-state index in [1.54, 1.807) is 12.1 Å². The van der Waals surface area contributed by atoms with Gasteiger partial charge in [0.15, 0.2) is 11.5 Å². The van der Waals surface area contributed by atoms with E-state index in [2.05, 4.69) is 36.5 Å². The third-order valence-corrected chi connectivity index (χ3v) is 5.00. The quantitative estimate of drug-likeness (QED) is 0.650. The number of phenols is 2. The molecular formula is C18H19NO2. The number of hydrogen-bond donors (Lipinski definition) is 3. The van der Waals surface area contributed by atoms with Gasteiger partial charge < -0.3 is 15.5 Å². The smallest absolute Gasteiger partial charge is 0.157 e. The molecule has 3 N–H and O–H groups in total. The summed E-state index contributed by atoms with van der Waals surface area (Å²) in [6.45, 7) is 3.09. The van der Waals surface area contributed by atoms with E-state index in [0.29, 0.717) is 12.0 Å². The monoisotopic (exact) mass is 281 g/mol. The van der Waals surface area contributed by atoms with Crippen molar-refractivity contribution in [3.63, 3.8) is 0 Å². The van der Waals surface area contributed by atoms with Gasteiger partial charge in [-0.2, -0.15) is 0 Å². The van der Waals surface area contributed by atoms with Gasteiger partial charge in [-0.1, -0.05) is 31.2 Å². The summed E-state index contributed by atoms with van der Waals surface area (Å²) >= 11 is 0. The van der Waals surface area contributed by atoms with Crippen LogP contribution >= 0.6 is 0 Å². The highest BCUT2D eigenvalue weighted by Gasteiger charge is 2.37. The molecule has 2 aromatic carbocycles. The molecule has 1 aliphatic carbocycles. The molecule has 1 heterocycles. The predicted molar refractivity (Wildman–Crippen MR) is 81.7 cm³/mol. The van der Waals surface area contributed by atoms with Gasteiger partial charge in [0.1, 0.15) is 0 Å². The average Bonchev–Trinajstić information content (AvgIpc) is 2.49. The lowest BCUT2D eigenvalue weighted by atomic mass is 9.69. The third-order valence-electron chi connectivity index (χ3n) is 5.00. The third kappa shape index (κ3) is 1.84. The van der Waals surface area contributed by atoms with Crippen molar-refractivity contribution in [3.8, 4) is 11.5 Å². The molecule has 0 spiro atoms. The Hall–Kier alpha value is -2.00. The highest BCUT2D eigenvalue weighted by Crippen LogP contribution is 2.47. The summed E-state index contributed by atoms with van der Waals surface area (Å²) in [6.07, 6.45) is 1.05. The van der Waals surface area contributed by atoms with E-state index in [4.69, 9.17) is 0 Å². The number of benzene rings is 2. The van der Waals surface area contributed by atoms with Gasteiger partial charge >= 0.3 is 0 Å². The summed E-state index contributed by atoms with van der Waals surface area (Å²) in [5, 5.41) is 23.4. The number of rotatable bonds is 0. The zero-order valence-corrected chi connectivity index (χ0v) is 12.0. The average molecular weight is 281 g/mol. The van der Waals surface area contributed by atoms with Gasteiger partial charge in [-0.25, -0.2) is 0 Å². The van der Waals surface area contributed by atoms with E-state index in [-0.39, 0.29) is 17.4 Å². The molecular weight excluding hydrogens is 262 g/mol. The molecule has 108 valence electrons. The van der Waals surface area contributed by atoms with E-state index in [1.807, 2.05) is 0 Å². The normalized spacial score (nSPS) is 26.6. The first-order valence-corrected chi connectivity index (χ1v) is 7.52. The maximum Gasteiger partial charge on any atom is 0.157 e. The van der Waals surface area contributed by atoms with Crippen molar-refractivity contribution in [2.75, 3.05) is 0 Å². The van der Waals surface area contributed by atoms with Gasteiger partial charge in [0.25, 0.3) is 0 Å². The SMILES string of the molecule is C[C@H]1C[C@H]2NCc3ccccc3[C@@H]2c2cc(O)c(O)cc21. The summed E-state index contributed by atoms with van der Waals surface area (Å²) in [7, 11) is 0. The number of aromatic hydroxyl groups is 2. The van der Waals surface area contributed by atoms with Crippen LogP contribution in [0.25, 0.3) is 0 Å². The van der Waals surface area contributed by atoms with Crippen molar-refractivity contribution in [3.05, 3.63) is 58.7 Å². The Morgan fingerprint density at radius 1 is 1.00 bits per heavy atom. The molecule has 0 fully saturated rings. The minimum absolute atomic E-state index is 0.0175. The summed E-state index contributed by atoms with van der Waals surface area (Å²) in [4.78, 5) is 0. The Bertz CT molecular complexity index is 710. The zero-order chi connectivity index (χ0) is 14.6. The Morgan fingerprint density at radius 2 is 1.71 bits per heavy atom. The predicted octanol–water partition coefficient (Wildman–Crippen LogP) is 3.21. The molecule has 0 unspecified atom stereocenters. The Kier molecular flexibility index (Phi) is 2.73. The summed E-state index contributed by atoms with van der Waals surface area (Å²) in [6, 6.07) is 12.4. The molecule has 0 saturated carbocycles. The number of fused-ring (bicyclic) bond motifs is 5. The largest absolute Gasteiger partial charge is 0.504 e. The number of hydrogen-bond acceptors (Lipinski definition) is 3. The van der Waals surface area contributed by atoms with E-state index in [0.717, 1.165) is 24.1 Å². The second-order valence-corrected chi connectivity index (χ2v) is 6.27. The van der Waals surface area contributed by atoms with Crippen LogP contribution in [0.2, 0.25) is 0 Å². The van der Waals surface area contributed by atoms with E-state index < -0.39 is 0 Å². The first kappa shape index (κ1) is 12.7. The van der Waals surface area contributed by atoms with Crippen LogP contribution < -0.4 is 5.32 Å². The molecule has 0 saturated heterocycles. The standard InChI is InChI=1S/C18H19NO2/c1-10-6-15-18(12-5-3-2-4-11(12)9-19-15)14-8-17(21)16(20)7-13(10)14/h2-5,7-8,10,15,18-21H,6,9H2,1H3/t10-,15+,18+/m0/s1. The second kappa shape index (κ2) is 4.50. The summed E-state index contributed by atoms with van der Waals surface area (Å²) in [5.41, 5.74) is 4.98. The molecule has 21 heavy (non-hydrogen) atoms. The highest BCUT2D eigenvalue weighted by atomic mass is 16.3. The fraction of sp³-hybridized carbons (Fsp3) is 0.333. The van der Waals surface area contributed by atoms with Gasteiger partial charge in [0.05, 0.1) is 0 Å². The second-order valence-electron chi connectivity index (χ2n) is 6.27. The number of phenolic OH excluding ortho intramolecular Hbond substituents is 2. The van der Waals surface area contributed by atoms with Gasteiger partial charge in [0.2, 0.25) is 0 Å². The van der Waals surface area contributed by atoms with Crippen LogP contribution in [0.5, 0.6) is 11.5 Å². The van der Waals surface area contributed by atoms with Gasteiger partial charge in [-0.05, 0) is 46.7 Å². The van der Waals surface area contributed by atoms with E-state index in [1.165, 1.54) is 11.1 Å². The van der Waals surface area contributed by atoms with Crippen LogP contribution in [0.1, 0.15) is 47.4 Å². The van der Waals surface area contributed by atoms with Gasteiger partial charge in [0, 0.05) is 18.5 Å². The highest BCUT2D eigenvalue weighted by molar-refractivity contribution is 5.54. The molecule has 3 heteroatoms. The van der Waals surface area contributed by atoms with Crippen LogP contribution in [-0.4, -0.2) is 16.3 Å². The van der Waals surface area contributed by atoms with E-state index in [9.17, 15) is 10.2 Å². The lowest BCUT2D eigenvalue weighted by molar-refractivity contribution is 0.359. The van der Waals surface area contributed by atoms with Crippen molar-refractivity contribution in [2.24, 2.45) is 0 Å².